The van der Waals surface area contributed by atoms with E-state index >= 15 is 0 Å². The van der Waals surface area contributed by atoms with Crippen LogP contribution in [0.1, 0.15) is 16.1 Å². The Morgan fingerprint density at radius 2 is 2.00 bits per heavy atom. The van der Waals surface area contributed by atoms with Crippen LogP contribution in [0.3, 0.4) is 0 Å². The van der Waals surface area contributed by atoms with Gasteiger partial charge in [-0.05, 0) is 24.0 Å². The number of nitrogens with zero attached hydrogens (tertiary/aromatic N) is 2. The number of thioether (sulfide) groups is 1. The molecule has 0 spiro atoms. The van der Waals surface area contributed by atoms with E-state index in [9.17, 15) is 9.90 Å². The molecule has 3 aromatic rings. The minimum absolute atomic E-state index is 0.189. The maximum absolute atomic E-state index is 12.4. The van der Waals surface area contributed by atoms with E-state index in [1.165, 1.54) is 11.8 Å². The standard InChI is InChI=1S/C18H19N3O2S/c1-24-18-20-16(15-9-5-6-10-21(15)18)17(23)19-12-14(22)11-13-7-3-2-4-8-13/h2-10,14,22H,11-12H2,1H3,(H,19,23). The number of benzene rings is 1. The lowest BCUT2D eigenvalue weighted by atomic mass is 10.1. The Morgan fingerprint density at radius 1 is 1.25 bits per heavy atom. The topological polar surface area (TPSA) is 66.6 Å². The Labute approximate surface area is 144 Å². The Hall–Kier alpha value is -2.31. The van der Waals surface area contributed by atoms with Gasteiger partial charge in [-0.2, -0.15) is 0 Å². The molecule has 0 fully saturated rings. The summed E-state index contributed by atoms with van der Waals surface area (Å²) in [6.07, 6.45) is 3.67. The van der Waals surface area contributed by atoms with Gasteiger partial charge in [0.05, 0.1) is 11.6 Å². The number of amides is 1. The number of aliphatic hydroxyl groups excluding tert-OH is 1. The van der Waals surface area contributed by atoms with Gasteiger partial charge in [0.1, 0.15) is 0 Å². The highest BCUT2D eigenvalue weighted by molar-refractivity contribution is 7.98. The lowest BCUT2D eigenvalue weighted by molar-refractivity contribution is 0.0913. The van der Waals surface area contributed by atoms with E-state index in [0.717, 1.165) is 16.2 Å². The SMILES string of the molecule is CSc1nc(C(=O)NCC(O)Cc2ccccc2)c2ccccn12. The first-order valence-corrected chi connectivity index (χ1v) is 8.93. The Morgan fingerprint density at radius 3 is 2.75 bits per heavy atom. The number of imidazole rings is 1. The monoisotopic (exact) mass is 341 g/mol. The van der Waals surface area contributed by atoms with Crippen LogP contribution in [0.5, 0.6) is 0 Å². The number of hydrogen-bond acceptors (Lipinski definition) is 4. The Balaban J connectivity index is 1.67. The number of fused-ring (bicyclic) bond motifs is 1. The van der Waals surface area contributed by atoms with Crippen molar-refractivity contribution in [3.05, 3.63) is 66.0 Å². The maximum Gasteiger partial charge on any atom is 0.272 e. The third-order valence-corrected chi connectivity index (χ3v) is 4.38. The Bertz CT molecular complexity index is 833. The summed E-state index contributed by atoms with van der Waals surface area (Å²) in [6.45, 7) is 0.189. The highest BCUT2D eigenvalue weighted by atomic mass is 32.2. The van der Waals surface area contributed by atoms with Crippen molar-refractivity contribution in [2.24, 2.45) is 0 Å². The summed E-state index contributed by atoms with van der Waals surface area (Å²) in [5.41, 5.74) is 2.18. The van der Waals surface area contributed by atoms with Crippen LogP contribution in [0.25, 0.3) is 5.52 Å². The third-order valence-electron chi connectivity index (χ3n) is 3.73. The van der Waals surface area contributed by atoms with Gasteiger partial charge < -0.3 is 10.4 Å². The largest absolute Gasteiger partial charge is 0.391 e. The molecule has 0 aliphatic rings. The molecule has 1 aromatic carbocycles. The molecule has 0 aliphatic carbocycles. The van der Waals surface area contributed by atoms with Crippen molar-refractivity contribution in [3.8, 4) is 0 Å². The predicted octanol–water partition coefficient (Wildman–Crippen LogP) is 2.39. The molecule has 24 heavy (non-hydrogen) atoms. The quantitative estimate of drug-likeness (QED) is 0.676. The second-order valence-electron chi connectivity index (χ2n) is 5.46. The average molecular weight is 341 g/mol. The molecule has 0 radical (unpaired) electrons. The van der Waals surface area contributed by atoms with E-state index in [-0.39, 0.29) is 12.5 Å². The molecule has 2 N–H and O–H groups in total. The lowest BCUT2D eigenvalue weighted by Crippen LogP contribution is -2.33. The van der Waals surface area contributed by atoms with Crippen molar-refractivity contribution in [2.75, 3.05) is 12.8 Å². The molecule has 0 saturated heterocycles. The summed E-state index contributed by atoms with van der Waals surface area (Å²) >= 11 is 1.49. The van der Waals surface area contributed by atoms with Gasteiger partial charge >= 0.3 is 0 Å². The van der Waals surface area contributed by atoms with Gasteiger partial charge in [0.25, 0.3) is 5.91 Å². The van der Waals surface area contributed by atoms with Crippen LogP contribution in [0.2, 0.25) is 0 Å². The Kier molecular flexibility index (Phi) is 5.17. The summed E-state index contributed by atoms with van der Waals surface area (Å²) in [4.78, 5) is 16.8. The molecule has 0 saturated carbocycles. The van der Waals surface area contributed by atoms with Gasteiger partial charge in [-0.15, -0.1) is 0 Å². The van der Waals surface area contributed by atoms with Gasteiger partial charge in [-0.3, -0.25) is 9.20 Å². The van der Waals surface area contributed by atoms with Crippen LogP contribution < -0.4 is 5.32 Å². The second-order valence-corrected chi connectivity index (χ2v) is 6.23. The molecule has 5 nitrogen and oxygen atoms in total. The van der Waals surface area contributed by atoms with Crippen molar-refractivity contribution < 1.29 is 9.90 Å². The highest BCUT2D eigenvalue weighted by Crippen LogP contribution is 2.19. The number of pyridine rings is 1. The van der Waals surface area contributed by atoms with Crippen LogP contribution in [-0.2, 0) is 6.42 Å². The van der Waals surface area contributed by atoms with Crippen LogP contribution in [0.4, 0.5) is 0 Å². The molecule has 1 amide bonds. The minimum atomic E-state index is -0.634. The van der Waals surface area contributed by atoms with Crippen LogP contribution in [0, 0.1) is 0 Å². The normalized spacial score (nSPS) is 12.2. The molecule has 2 heterocycles. The molecule has 0 bridgehead atoms. The average Bonchev–Trinajstić information content (AvgIpc) is 2.99. The van der Waals surface area contributed by atoms with Gasteiger partial charge in [0.2, 0.25) is 0 Å². The van der Waals surface area contributed by atoms with E-state index in [4.69, 9.17) is 0 Å². The number of aromatic nitrogens is 2. The third kappa shape index (κ3) is 3.60. The molecule has 6 heteroatoms. The molecule has 2 aromatic heterocycles. The van der Waals surface area contributed by atoms with Crippen molar-refractivity contribution in [1.82, 2.24) is 14.7 Å². The van der Waals surface area contributed by atoms with E-state index in [0.29, 0.717) is 12.1 Å². The molecule has 3 rings (SSSR count). The van der Waals surface area contributed by atoms with Gasteiger partial charge in [-0.25, -0.2) is 4.98 Å². The van der Waals surface area contributed by atoms with E-state index in [1.807, 2.05) is 65.4 Å². The number of aliphatic hydroxyl groups is 1. The van der Waals surface area contributed by atoms with Crippen molar-refractivity contribution >= 4 is 23.2 Å². The zero-order chi connectivity index (χ0) is 16.9. The maximum atomic E-state index is 12.4. The van der Waals surface area contributed by atoms with Crippen molar-refractivity contribution in [1.29, 1.82) is 0 Å². The number of nitrogens with one attached hydrogen (secondary N) is 1. The molecule has 0 aliphatic heterocycles. The van der Waals surface area contributed by atoms with Crippen molar-refractivity contribution in [3.63, 3.8) is 0 Å². The van der Waals surface area contributed by atoms with Crippen LogP contribution in [-0.4, -0.2) is 39.3 Å². The van der Waals surface area contributed by atoms with E-state index in [2.05, 4.69) is 10.3 Å². The molecular weight excluding hydrogens is 322 g/mol. The zero-order valence-electron chi connectivity index (χ0n) is 13.3. The summed E-state index contributed by atoms with van der Waals surface area (Å²) in [6, 6.07) is 15.4. The van der Waals surface area contributed by atoms with E-state index in [1.54, 1.807) is 0 Å². The molecule has 1 atom stereocenters. The van der Waals surface area contributed by atoms with Gasteiger partial charge in [0, 0.05) is 19.2 Å². The molecule has 124 valence electrons. The number of rotatable bonds is 6. The smallest absolute Gasteiger partial charge is 0.272 e. The van der Waals surface area contributed by atoms with Crippen LogP contribution in [0.15, 0.2) is 59.9 Å². The van der Waals surface area contributed by atoms with E-state index < -0.39 is 6.10 Å². The lowest BCUT2D eigenvalue weighted by Gasteiger charge is -2.11. The highest BCUT2D eigenvalue weighted by Gasteiger charge is 2.17. The van der Waals surface area contributed by atoms with Crippen LogP contribution >= 0.6 is 11.8 Å². The minimum Gasteiger partial charge on any atom is -0.391 e. The predicted molar refractivity (Wildman–Crippen MR) is 95.5 cm³/mol. The fourth-order valence-electron chi connectivity index (χ4n) is 2.57. The van der Waals surface area contributed by atoms with Gasteiger partial charge in [0.15, 0.2) is 10.9 Å². The van der Waals surface area contributed by atoms with Crippen molar-refractivity contribution in [2.45, 2.75) is 17.7 Å². The second kappa shape index (κ2) is 7.51. The fraction of sp³-hybridized carbons (Fsp3) is 0.222. The van der Waals surface area contributed by atoms with Gasteiger partial charge in [-0.1, -0.05) is 48.2 Å². The number of carbonyl (C=O) groups excluding carboxylic acids is 1. The first kappa shape index (κ1) is 16.5. The summed E-state index contributed by atoms with van der Waals surface area (Å²) in [5, 5.41) is 13.7. The summed E-state index contributed by atoms with van der Waals surface area (Å²) in [5.74, 6) is -0.272. The molecular formula is C18H19N3O2S. The first-order valence-electron chi connectivity index (χ1n) is 7.70. The summed E-state index contributed by atoms with van der Waals surface area (Å²) < 4.78 is 1.89. The summed E-state index contributed by atoms with van der Waals surface area (Å²) in [7, 11) is 0. The number of carbonyl (C=O) groups is 1. The number of hydrogen-bond donors (Lipinski definition) is 2. The zero-order valence-corrected chi connectivity index (χ0v) is 14.2. The molecule has 1 unspecified atom stereocenters. The fourth-order valence-corrected chi connectivity index (χ4v) is 3.11. The first-order chi connectivity index (χ1) is 11.7.